The Hall–Kier alpha value is -4.86. The first-order valence-corrected chi connectivity index (χ1v) is 13.7. The van der Waals surface area contributed by atoms with E-state index in [1.54, 1.807) is 6.92 Å². The minimum absolute atomic E-state index is 0.0407. The number of ether oxygens (including phenoxy) is 1. The number of nitrogens with two attached hydrogens (primary N) is 1. The van der Waals surface area contributed by atoms with Crippen LogP contribution < -0.4 is 11.1 Å². The van der Waals surface area contributed by atoms with Gasteiger partial charge in [-0.3, -0.25) is 9.78 Å². The van der Waals surface area contributed by atoms with Crippen LogP contribution in [0.3, 0.4) is 0 Å². The van der Waals surface area contributed by atoms with Crippen LogP contribution in [0.15, 0.2) is 79.1 Å². The minimum atomic E-state index is -0.831. The molecule has 9 heteroatoms. The second-order valence-corrected chi connectivity index (χ2v) is 10.7. The number of carbonyl (C=O) groups excluding carboxylic acids is 1. The standard InChI is InChI=1S/C33H32N6O3/c1-19(2)32(41)38-24-11-8-21(9-12-24)29-27(28-30(34)35-18-36-31(28)39(29)4)22-10-13-25-23(16-22)17-42-33(25,14-15-40)26-7-5-6-20(3)37-26/h5-13,16,18,40H,1,14-15,17H2,2-4H3,(H,38,41)(H2,34,35,36)/t33-/m0/s1. The van der Waals surface area contributed by atoms with Gasteiger partial charge in [0.05, 0.1) is 23.4 Å². The van der Waals surface area contributed by atoms with Gasteiger partial charge in [0.1, 0.15) is 23.4 Å². The molecule has 0 saturated heterocycles. The minimum Gasteiger partial charge on any atom is -0.396 e. The third-order valence-electron chi connectivity index (χ3n) is 7.87. The van der Waals surface area contributed by atoms with Gasteiger partial charge >= 0.3 is 0 Å². The van der Waals surface area contributed by atoms with Crippen molar-refractivity contribution in [2.45, 2.75) is 32.5 Å². The number of anilines is 2. The first kappa shape index (κ1) is 27.3. The number of hydrogen-bond acceptors (Lipinski definition) is 7. The van der Waals surface area contributed by atoms with Crippen LogP contribution in [0.4, 0.5) is 11.5 Å². The summed E-state index contributed by atoms with van der Waals surface area (Å²) in [6, 6.07) is 19.8. The van der Waals surface area contributed by atoms with Crippen LogP contribution in [0.5, 0.6) is 0 Å². The van der Waals surface area contributed by atoms with E-state index in [-0.39, 0.29) is 12.5 Å². The molecular formula is C33H32N6O3. The second kappa shape index (κ2) is 10.5. The summed E-state index contributed by atoms with van der Waals surface area (Å²) >= 11 is 0. The zero-order valence-corrected chi connectivity index (χ0v) is 23.8. The number of pyridine rings is 1. The third kappa shape index (κ3) is 4.43. The maximum Gasteiger partial charge on any atom is 0.250 e. The first-order valence-electron chi connectivity index (χ1n) is 13.7. The number of fused-ring (bicyclic) bond motifs is 2. The van der Waals surface area contributed by atoms with E-state index in [0.29, 0.717) is 35.8 Å². The lowest BCUT2D eigenvalue weighted by Gasteiger charge is -2.29. The molecular weight excluding hydrogens is 528 g/mol. The Labute approximate surface area is 243 Å². The van der Waals surface area contributed by atoms with E-state index >= 15 is 0 Å². The van der Waals surface area contributed by atoms with E-state index < -0.39 is 5.60 Å². The van der Waals surface area contributed by atoms with Crippen molar-refractivity contribution >= 4 is 28.4 Å². The zero-order valence-electron chi connectivity index (χ0n) is 23.8. The van der Waals surface area contributed by atoms with Crippen molar-refractivity contribution in [3.05, 3.63) is 102 Å². The molecule has 0 unspecified atom stereocenters. The van der Waals surface area contributed by atoms with Crippen molar-refractivity contribution in [1.29, 1.82) is 0 Å². The number of aliphatic hydroxyl groups is 1. The fourth-order valence-electron chi connectivity index (χ4n) is 5.86. The van der Waals surface area contributed by atoms with Gasteiger partial charge in [0.25, 0.3) is 5.91 Å². The molecule has 4 N–H and O–H groups in total. The van der Waals surface area contributed by atoms with Crippen molar-refractivity contribution in [1.82, 2.24) is 19.5 Å². The lowest BCUT2D eigenvalue weighted by atomic mass is 9.84. The molecule has 0 saturated carbocycles. The number of amides is 1. The van der Waals surface area contributed by atoms with Crippen LogP contribution in [0.25, 0.3) is 33.4 Å². The van der Waals surface area contributed by atoms with E-state index in [1.165, 1.54) is 6.33 Å². The Morgan fingerprint density at radius 2 is 1.90 bits per heavy atom. The van der Waals surface area contributed by atoms with Crippen LogP contribution >= 0.6 is 0 Å². The molecule has 1 amide bonds. The molecule has 0 spiro atoms. The number of aromatic nitrogens is 4. The van der Waals surface area contributed by atoms with Gasteiger partial charge in [-0.2, -0.15) is 0 Å². The Bertz CT molecular complexity index is 1860. The monoisotopic (exact) mass is 560 g/mol. The summed E-state index contributed by atoms with van der Waals surface area (Å²) in [5.41, 5.74) is 14.8. The maximum atomic E-state index is 12.1. The predicted octanol–water partition coefficient (Wildman–Crippen LogP) is 5.26. The van der Waals surface area contributed by atoms with E-state index in [4.69, 9.17) is 15.5 Å². The highest BCUT2D eigenvalue weighted by atomic mass is 16.5. The Morgan fingerprint density at radius 1 is 1.14 bits per heavy atom. The molecule has 5 aromatic rings. The van der Waals surface area contributed by atoms with Gasteiger partial charge < -0.3 is 25.5 Å². The fourth-order valence-corrected chi connectivity index (χ4v) is 5.86. The molecule has 0 bridgehead atoms. The molecule has 0 aliphatic carbocycles. The van der Waals surface area contributed by atoms with Crippen LogP contribution in [0, 0.1) is 6.92 Å². The summed E-state index contributed by atoms with van der Waals surface area (Å²) in [5, 5.41) is 13.6. The number of nitrogens with zero attached hydrogens (tertiary/aromatic N) is 4. The van der Waals surface area contributed by atoms with Crippen LogP contribution in [-0.4, -0.2) is 37.1 Å². The number of rotatable bonds is 7. The van der Waals surface area contributed by atoms with Crippen molar-refractivity contribution in [3.8, 4) is 22.4 Å². The van der Waals surface area contributed by atoms with Gasteiger partial charge in [-0.15, -0.1) is 0 Å². The molecule has 2 aromatic carbocycles. The average molecular weight is 561 g/mol. The number of hydrogen-bond donors (Lipinski definition) is 3. The molecule has 0 fully saturated rings. The van der Waals surface area contributed by atoms with Gasteiger partial charge in [0, 0.05) is 42.6 Å². The van der Waals surface area contributed by atoms with Gasteiger partial charge in [0.2, 0.25) is 0 Å². The normalized spacial score (nSPS) is 16.0. The summed E-state index contributed by atoms with van der Waals surface area (Å²) in [4.78, 5) is 25.8. The predicted molar refractivity (Wildman–Crippen MR) is 163 cm³/mol. The topological polar surface area (TPSA) is 128 Å². The number of nitrogens with one attached hydrogen (secondary N) is 1. The molecule has 1 aliphatic rings. The van der Waals surface area contributed by atoms with E-state index in [2.05, 4.69) is 40.1 Å². The number of benzene rings is 2. The Balaban J connectivity index is 1.50. The fraction of sp³-hybridized carbons (Fsp3) is 0.212. The lowest BCUT2D eigenvalue weighted by Crippen LogP contribution is -2.29. The largest absolute Gasteiger partial charge is 0.396 e. The molecule has 1 aliphatic heterocycles. The molecule has 42 heavy (non-hydrogen) atoms. The summed E-state index contributed by atoms with van der Waals surface area (Å²) in [7, 11) is 1.95. The van der Waals surface area contributed by atoms with E-state index in [0.717, 1.165) is 50.3 Å². The van der Waals surface area contributed by atoms with E-state index in [1.807, 2.05) is 61.0 Å². The van der Waals surface area contributed by atoms with Gasteiger partial charge in [-0.05, 0) is 66.4 Å². The highest BCUT2D eigenvalue weighted by molar-refractivity contribution is 6.08. The number of aryl methyl sites for hydroxylation is 2. The maximum absolute atomic E-state index is 12.1. The molecule has 6 rings (SSSR count). The Kier molecular flexibility index (Phi) is 6.84. The second-order valence-electron chi connectivity index (χ2n) is 10.7. The smallest absolute Gasteiger partial charge is 0.250 e. The highest BCUT2D eigenvalue weighted by Crippen LogP contribution is 2.47. The lowest BCUT2D eigenvalue weighted by molar-refractivity contribution is -0.112. The molecule has 4 heterocycles. The van der Waals surface area contributed by atoms with Crippen LogP contribution in [-0.2, 0) is 28.8 Å². The highest BCUT2D eigenvalue weighted by Gasteiger charge is 2.43. The van der Waals surface area contributed by atoms with Crippen molar-refractivity contribution in [2.75, 3.05) is 17.7 Å². The van der Waals surface area contributed by atoms with Crippen LogP contribution in [0.2, 0.25) is 0 Å². The quantitative estimate of drug-likeness (QED) is 0.232. The zero-order chi connectivity index (χ0) is 29.6. The van der Waals surface area contributed by atoms with Crippen molar-refractivity contribution in [2.24, 2.45) is 7.05 Å². The molecule has 3 aromatic heterocycles. The van der Waals surface area contributed by atoms with Crippen molar-refractivity contribution in [3.63, 3.8) is 0 Å². The molecule has 212 valence electrons. The Morgan fingerprint density at radius 3 is 2.62 bits per heavy atom. The summed E-state index contributed by atoms with van der Waals surface area (Å²) in [6.45, 7) is 7.66. The summed E-state index contributed by atoms with van der Waals surface area (Å²) in [6.07, 6.45) is 1.86. The number of carbonyl (C=O) groups is 1. The average Bonchev–Trinajstić information content (AvgIpc) is 3.50. The van der Waals surface area contributed by atoms with Gasteiger partial charge in [-0.1, -0.05) is 36.9 Å². The molecule has 9 nitrogen and oxygen atoms in total. The number of nitrogen functional groups attached to an aromatic ring is 1. The SMILES string of the molecule is C=C(C)C(=O)Nc1ccc(-c2c(-c3ccc4c(c3)CO[C@]4(CCO)c3cccc(C)n3)c3c(N)ncnc3n2C)cc1. The molecule has 1 atom stereocenters. The van der Waals surface area contributed by atoms with Crippen molar-refractivity contribution < 1.29 is 14.6 Å². The van der Waals surface area contributed by atoms with Gasteiger partial charge in [0.15, 0.2) is 0 Å². The third-order valence-corrected chi connectivity index (χ3v) is 7.87. The van der Waals surface area contributed by atoms with Crippen LogP contribution in [0.1, 0.15) is 35.9 Å². The first-order chi connectivity index (χ1) is 20.2. The van der Waals surface area contributed by atoms with Gasteiger partial charge in [-0.25, -0.2) is 9.97 Å². The summed E-state index contributed by atoms with van der Waals surface area (Å²) in [5.74, 6) is 0.159. The molecule has 0 radical (unpaired) electrons. The summed E-state index contributed by atoms with van der Waals surface area (Å²) < 4.78 is 8.47. The number of aliphatic hydroxyl groups excluding tert-OH is 1. The van der Waals surface area contributed by atoms with E-state index in [9.17, 15) is 9.90 Å².